The minimum atomic E-state index is 0.226. The van der Waals surface area contributed by atoms with E-state index in [2.05, 4.69) is 24.3 Å². The molecule has 1 atom stereocenters. The van der Waals surface area contributed by atoms with E-state index in [1.165, 1.54) is 17.5 Å². The van der Waals surface area contributed by atoms with Crippen LogP contribution in [0.4, 0.5) is 0 Å². The summed E-state index contributed by atoms with van der Waals surface area (Å²) < 4.78 is 5.60. The van der Waals surface area contributed by atoms with E-state index in [0.717, 1.165) is 35.5 Å². The van der Waals surface area contributed by atoms with Crippen molar-refractivity contribution < 1.29 is 9.21 Å². The van der Waals surface area contributed by atoms with Crippen LogP contribution in [-0.4, -0.2) is 5.78 Å². The fraction of sp³-hybridized carbons (Fsp3) is 0.421. The van der Waals surface area contributed by atoms with Gasteiger partial charge in [-0.25, -0.2) is 0 Å². The van der Waals surface area contributed by atoms with Crippen molar-refractivity contribution in [2.45, 2.75) is 52.4 Å². The number of Topliss-reactive ketones (excluding diaryl/α,β-unsaturated/α-hetero) is 1. The Morgan fingerprint density at radius 2 is 1.95 bits per heavy atom. The standard InChI is InChI=1S/C19H22O2/c1-12-13(2)21-14(3)19(12)18(20)11-16-9-6-8-15-7-4-5-10-17(15)16/h4-5,7,10,16H,6,8-9,11H2,1-3H3. The zero-order valence-corrected chi connectivity index (χ0v) is 13.0. The van der Waals surface area contributed by atoms with Gasteiger partial charge in [0.25, 0.3) is 0 Å². The Morgan fingerprint density at radius 1 is 1.19 bits per heavy atom. The Kier molecular flexibility index (Phi) is 3.71. The first-order valence-electron chi connectivity index (χ1n) is 7.75. The first kappa shape index (κ1) is 14.1. The molecule has 0 amide bonds. The van der Waals surface area contributed by atoms with Crippen LogP contribution >= 0.6 is 0 Å². The third-order valence-electron chi connectivity index (χ3n) is 4.77. The molecule has 3 rings (SSSR count). The second kappa shape index (κ2) is 5.51. The van der Waals surface area contributed by atoms with E-state index < -0.39 is 0 Å². The summed E-state index contributed by atoms with van der Waals surface area (Å²) in [6, 6.07) is 8.56. The molecule has 1 aliphatic rings. The predicted octanol–water partition coefficient (Wildman–Crippen LogP) is 4.90. The minimum absolute atomic E-state index is 0.226. The Balaban J connectivity index is 1.86. The smallest absolute Gasteiger partial charge is 0.167 e. The van der Waals surface area contributed by atoms with Gasteiger partial charge in [-0.2, -0.15) is 0 Å². The summed E-state index contributed by atoms with van der Waals surface area (Å²) in [5, 5.41) is 0. The van der Waals surface area contributed by atoms with Gasteiger partial charge < -0.3 is 4.42 Å². The fourth-order valence-corrected chi connectivity index (χ4v) is 3.60. The highest BCUT2D eigenvalue weighted by Gasteiger charge is 2.25. The number of hydrogen-bond donors (Lipinski definition) is 0. The molecular weight excluding hydrogens is 260 g/mol. The van der Waals surface area contributed by atoms with Crippen molar-refractivity contribution in [3.05, 3.63) is 58.0 Å². The Hall–Kier alpha value is -1.83. The summed E-state index contributed by atoms with van der Waals surface area (Å²) in [5.74, 6) is 2.21. The first-order valence-corrected chi connectivity index (χ1v) is 7.75. The van der Waals surface area contributed by atoms with Gasteiger partial charge in [0.2, 0.25) is 0 Å². The van der Waals surface area contributed by atoms with E-state index >= 15 is 0 Å². The zero-order valence-electron chi connectivity index (χ0n) is 13.0. The van der Waals surface area contributed by atoms with Gasteiger partial charge in [-0.1, -0.05) is 24.3 Å². The molecule has 0 fully saturated rings. The average molecular weight is 282 g/mol. The van der Waals surface area contributed by atoms with Crippen LogP contribution in [0.3, 0.4) is 0 Å². The van der Waals surface area contributed by atoms with Crippen LogP contribution in [0.5, 0.6) is 0 Å². The van der Waals surface area contributed by atoms with Crippen LogP contribution < -0.4 is 0 Å². The highest BCUT2D eigenvalue weighted by molar-refractivity contribution is 5.99. The molecule has 0 bridgehead atoms. The Labute approximate surface area is 126 Å². The molecule has 21 heavy (non-hydrogen) atoms. The highest BCUT2D eigenvalue weighted by atomic mass is 16.3. The van der Waals surface area contributed by atoms with Crippen molar-refractivity contribution in [2.75, 3.05) is 0 Å². The maximum atomic E-state index is 12.7. The van der Waals surface area contributed by atoms with Crippen molar-refractivity contribution >= 4 is 5.78 Å². The van der Waals surface area contributed by atoms with Crippen LogP contribution in [-0.2, 0) is 6.42 Å². The Morgan fingerprint density at radius 3 is 2.67 bits per heavy atom. The summed E-state index contributed by atoms with van der Waals surface area (Å²) in [6.07, 6.45) is 4.02. The van der Waals surface area contributed by atoms with Crippen LogP contribution in [0.1, 0.15) is 63.7 Å². The molecule has 0 saturated carbocycles. The van der Waals surface area contributed by atoms with Crippen molar-refractivity contribution in [3.63, 3.8) is 0 Å². The second-order valence-corrected chi connectivity index (χ2v) is 6.13. The number of aryl methyl sites for hydroxylation is 3. The third-order valence-corrected chi connectivity index (χ3v) is 4.77. The van der Waals surface area contributed by atoms with Crippen LogP contribution in [0.2, 0.25) is 0 Å². The topological polar surface area (TPSA) is 30.2 Å². The molecular formula is C19H22O2. The van der Waals surface area contributed by atoms with E-state index in [9.17, 15) is 4.79 Å². The molecule has 0 N–H and O–H groups in total. The van der Waals surface area contributed by atoms with Crippen LogP contribution in [0.15, 0.2) is 28.7 Å². The summed E-state index contributed by atoms with van der Waals surface area (Å²) in [4.78, 5) is 12.7. The molecule has 0 saturated heterocycles. The lowest BCUT2D eigenvalue weighted by molar-refractivity contribution is 0.0969. The molecule has 2 nitrogen and oxygen atoms in total. The van der Waals surface area contributed by atoms with Gasteiger partial charge in [-0.05, 0) is 57.1 Å². The molecule has 110 valence electrons. The number of carbonyl (C=O) groups is 1. The summed E-state index contributed by atoms with van der Waals surface area (Å²) in [6.45, 7) is 5.80. The quantitative estimate of drug-likeness (QED) is 0.750. The third kappa shape index (κ3) is 2.55. The number of benzene rings is 1. The number of fused-ring (bicyclic) bond motifs is 1. The maximum absolute atomic E-state index is 12.7. The molecule has 1 aromatic heterocycles. The first-order chi connectivity index (χ1) is 10.1. The molecule has 2 aromatic rings. The number of hydrogen-bond acceptors (Lipinski definition) is 2. The summed E-state index contributed by atoms with van der Waals surface area (Å²) in [7, 11) is 0. The molecule has 1 heterocycles. The van der Waals surface area contributed by atoms with Crippen molar-refractivity contribution in [1.29, 1.82) is 0 Å². The lowest BCUT2D eigenvalue weighted by Crippen LogP contribution is -2.14. The number of carbonyl (C=O) groups excluding carboxylic acids is 1. The molecule has 1 unspecified atom stereocenters. The lowest BCUT2D eigenvalue weighted by atomic mass is 9.79. The average Bonchev–Trinajstić information content (AvgIpc) is 2.72. The summed E-state index contributed by atoms with van der Waals surface area (Å²) >= 11 is 0. The van der Waals surface area contributed by atoms with Gasteiger partial charge in [-0.15, -0.1) is 0 Å². The fourth-order valence-electron chi connectivity index (χ4n) is 3.60. The van der Waals surface area contributed by atoms with Crippen molar-refractivity contribution in [2.24, 2.45) is 0 Å². The van der Waals surface area contributed by atoms with Crippen molar-refractivity contribution in [1.82, 2.24) is 0 Å². The minimum Gasteiger partial charge on any atom is -0.466 e. The normalized spacial score (nSPS) is 17.6. The van der Waals surface area contributed by atoms with E-state index in [1.807, 2.05) is 20.8 Å². The largest absolute Gasteiger partial charge is 0.466 e. The van der Waals surface area contributed by atoms with Crippen LogP contribution in [0, 0.1) is 20.8 Å². The molecule has 1 aromatic carbocycles. The summed E-state index contributed by atoms with van der Waals surface area (Å²) in [5.41, 5.74) is 4.59. The van der Waals surface area contributed by atoms with Gasteiger partial charge in [0, 0.05) is 12.0 Å². The van der Waals surface area contributed by atoms with Gasteiger partial charge in [0.1, 0.15) is 11.5 Å². The molecule has 0 radical (unpaired) electrons. The highest BCUT2D eigenvalue weighted by Crippen LogP contribution is 2.35. The second-order valence-electron chi connectivity index (χ2n) is 6.13. The van der Waals surface area contributed by atoms with E-state index in [-0.39, 0.29) is 5.78 Å². The monoisotopic (exact) mass is 282 g/mol. The Bertz CT molecular complexity index is 679. The number of rotatable bonds is 3. The molecule has 0 spiro atoms. The van der Waals surface area contributed by atoms with E-state index in [1.54, 1.807) is 0 Å². The lowest BCUT2D eigenvalue weighted by Gasteiger charge is -2.25. The predicted molar refractivity (Wildman–Crippen MR) is 84.0 cm³/mol. The molecule has 2 heteroatoms. The molecule has 1 aliphatic carbocycles. The van der Waals surface area contributed by atoms with Gasteiger partial charge >= 0.3 is 0 Å². The zero-order chi connectivity index (χ0) is 15.0. The van der Waals surface area contributed by atoms with Gasteiger partial charge in [0.15, 0.2) is 5.78 Å². The van der Waals surface area contributed by atoms with Gasteiger partial charge in [-0.3, -0.25) is 4.79 Å². The maximum Gasteiger partial charge on any atom is 0.167 e. The van der Waals surface area contributed by atoms with Gasteiger partial charge in [0.05, 0.1) is 5.56 Å². The van der Waals surface area contributed by atoms with Crippen molar-refractivity contribution in [3.8, 4) is 0 Å². The number of furan rings is 1. The van der Waals surface area contributed by atoms with Crippen LogP contribution in [0.25, 0.3) is 0 Å². The van der Waals surface area contributed by atoms with E-state index in [4.69, 9.17) is 4.42 Å². The molecule has 0 aliphatic heterocycles. The SMILES string of the molecule is Cc1oc(C)c(C(=O)CC2CCCc3ccccc32)c1C. The number of ketones is 1. The van der Waals surface area contributed by atoms with E-state index in [0.29, 0.717) is 12.3 Å².